The Kier molecular flexibility index (Phi) is 6.52. The zero-order valence-corrected chi connectivity index (χ0v) is 16.1. The van der Waals surface area contributed by atoms with Gasteiger partial charge in [0.15, 0.2) is 0 Å². The van der Waals surface area contributed by atoms with Gasteiger partial charge in [0.1, 0.15) is 12.4 Å². The van der Waals surface area contributed by atoms with Crippen LogP contribution in [0.1, 0.15) is 25.7 Å². The number of ether oxygens (including phenoxy) is 2. The molecule has 1 aliphatic carbocycles. The highest BCUT2D eigenvalue weighted by Gasteiger charge is 2.39. The smallest absolute Gasteiger partial charge is 0.261 e. The molecule has 0 unspecified atom stereocenters. The molecular weight excluding hydrogens is 368 g/mol. The summed E-state index contributed by atoms with van der Waals surface area (Å²) in [6.07, 6.45) is 3.42. The van der Waals surface area contributed by atoms with E-state index in [0.717, 1.165) is 64.3 Å². The Morgan fingerprint density at radius 2 is 1.52 bits per heavy atom. The Hall–Kier alpha value is -1.89. The molecule has 1 aromatic rings. The number of nitrogens with zero attached hydrogens (tertiary/aromatic N) is 2. The van der Waals surface area contributed by atoms with E-state index in [2.05, 4.69) is 4.90 Å². The van der Waals surface area contributed by atoms with Crippen molar-refractivity contribution in [3.05, 3.63) is 35.4 Å². The SMILES string of the molecule is Cl.O=C1C2=C(CCCC2)C(=O)N1c1ccc(OCCN2CCOCC2)cc1. The summed E-state index contributed by atoms with van der Waals surface area (Å²) in [5, 5.41) is 0. The predicted octanol–water partition coefficient (Wildman–Crippen LogP) is 2.56. The molecule has 0 saturated carbocycles. The van der Waals surface area contributed by atoms with Gasteiger partial charge in [0, 0.05) is 30.8 Å². The van der Waals surface area contributed by atoms with Gasteiger partial charge >= 0.3 is 0 Å². The molecule has 0 aromatic heterocycles. The van der Waals surface area contributed by atoms with Crippen LogP contribution in [0.4, 0.5) is 5.69 Å². The lowest BCUT2D eigenvalue weighted by atomic mass is 9.93. The molecule has 6 nitrogen and oxygen atoms in total. The van der Waals surface area contributed by atoms with Gasteiger partial charge in [0.25, 0.3) is 11.8 Å². The van der Waals surface area contributed by atoms with Gasteiger partial charge in [-0.15, -0.1) is 12.4 Å². The maximum absolute atomic E-state index is 12.6. The number of halogens is 1. The Bertz CT molecular complexity index is 698. The summed E-state index contributed by atoms with van der Waals surface area (Å²) in [5.41, 5.74) is 2.05. The number of carbonyl (C=O) groups is 2. The van der Waals surface area contributed by atoms with Crippen LogP contribution in [0.5, 0.6) is 5.75 Å². The van der Waals surface area contributed by atoms with Crippen molar-refractivity contribution in [2.75, 3.05) is 44.4 Å². The monoisotopic (exact) mass is 392 g/mol. The maximum Gasteiger partial charge on any atom is 0.261 e. The third-order valence-electron chi connectivity index (χ3n) is 5.27. The third-order valence-corrected chi connectivity index (χ3v) is 5.27. The summed E-state index contributed by atoms with van der Waals surface area (Å²) < 4.78 is 11.1. The van der Waals surface area contributed by atoms with Crippen LogP contribution in [0.25, 0.3) is 0 Å². The molecule has 146 valence electrons. The van der Waals surface area contributed by atoms with Crippen molar-refractivity contribution in [3.8, 4) is 5.75 Å². The number of anilines is 1. The Labute approximate surface area is 165 Å². The quantitative estimate of drug-likeness (QED) is 0.721. The molecule has 1 fully saturated rings. The van der Waals surface area contributed by atoms with Gasteiger partial charge in [0.2, 0.25) is 0 Å². The van der Waals surface area contributed by atoms with Crippen molar-refractivity contribution in [1.82, 2.24) is 4.90 Å². The van der Waals surface area contributed by atoms with E-state index in [1.165, 1.54) is 4.90 Å². The summed E-state index contributed by atoms with van der Waals surface area (Å²) in [5.74, 6) is 0.454. The van der Waals surface area contributed by atoms with Crippen LogP contribution < -0.4 is 9.64 Å². The predicted molar refractivity (Wildman–Crippen MR) is 104 cm³/mol. The maximum atomic E-state index is 12.6. The minimum absolute atomic E-state index is 0. The number of carbonyl (C=O) groups excluding carboxylic acids is 2. The number of imide groups is 1. The van der Waals surface area contributed by atoms with Crippen LogP contribution in [0.3, 0.4) is 0 Å². The van der Waals surface area contributed by atoms with E-state index < -0.39 is 0 Å². The second kappa shape index (κ2) is 8.87. The van der Waals surface area contributed by atoms with Crippen LogP contribution in [0, 0.1) is 0 Å². The van der Waals surface area contributed by atoms with Crippen molar-refractivity contribution in [3.63, 3.8) is 0 Å². The normalized spacial score (nSPS) is 20.5. The topological polar surface area (TPSA) is 59.1 Å². The standard InChI is InChI=1S/C20H24N2O4.ClH/c23-19-17-3-1-2-4-18(17)20(24)22(19)15-5-7-16(8-6-15)26-14-11-21-9-12-25-13-10-21;/h5-8H,1-4,9-14H2;1H. The van der Waals surface area contributed by atoms with Crippen LogP contribution in [0.2, 0.25) is 0 Å². The Morgan fingerprint density at radius 3 is 2.11 bits per heavy atom. The van der Waals surface area contributed by atoms with Crippen LogP contribution in [-0.4, -0.2) is 56.2 Å². The first-order valence-corrected chi connectivity index (χ1v) is 9.38. The minimum atomic E-state index is -0.148. The highest BCUT2D eigenvalue weighted by atomic mass is 35.5. The lowest BCUT2D eigenvalue weighted by Crippen LogP contribution is -2.38. The lowest BCUT2D eigenvalue weighted by molar-refractivity contribution is -0.120. The molecule has 2 amide bonds. The first-order chi connectivity index (χ1) is 12.7. The summed E-state index contributed by atoms with van der Waals surface area (Å²) in [7, 11) is 0. The van der Waals surface area contributed by atoms with Crippen molar-refractivity contribution in [2.45, 2.75) is 25.7 Å². The van der Waals surface area contributed by atoms with Gasteiger partial charge in [0.05, 0.1) is 18.9 Å². The first kappa shape index (κ1) is 19.9. The van der Waals surface area contributed by atoms with E-state index >= 15 is 0 Å². The molecule has 7 heteroatoms. The highest BCUT2D eigenvalue weighted by Crippen LogP contribution is 2.35. The molecular formula is C20H25ClN2O4. The average molecular weight is 393 g/mol. The number of amides is 2. The van der Waals surface area contributed by atoms with Gasteiger partial charge in [-0.25, -0.2) is 4.90 Å². The van der Waals surface area contributed by atoms with E-state index in [-0.39, 0.29) is 24.2 Å². The molecule has 4 rings (SSSR count). The van der Waals surface area contributed by atoms with Crippen molar-refractivity contribution in [1.29, 1.82) is 0 Å². The molecule has 2 heterocycles. The molecule has 3 aliphatic rings. The Morgan fingerprint density at radius 1 is 0.926 bits per heavy atom. The number of hydrogen-bond acceptors (Lipinski definition) is 5. The number of rotatable bonds is 5. The Balaban J connectivity index is 0.00000210. The molecule has 0 spiro atoms. The van der Waals surface area contributed by atoms with Crippen LogP contribution in [0.15, 0.2) is 35.4 Å². The van der Waals surface area contributed by atoms with Gasteiger partial charge in [-0.3, -0.25) is 14.5 Å². The molecule has 0 radical (unpaired) electrons. The third kappa shape index (κ3) is 4.18. The fourth-order valence-corrected chi connectivity index (χ4v) is 3.78. The molecule has 27 heavy (non-hydrogen) atoms. The van der Waals surface area contributed by atoms with E-state index in [1.54, 1.807) is 12.1 Å². The fourth-order valence-electron chi connectivity index (χ4n) is 3.78. The zero-order valence-electron chi connectivity index (χ0n) is 15.3. The van der Waals surface area contributed by atoms with E-state index in [1.807, 2.05) is 12.1 Å². The van der Waals surface area contributed by atoms with E-state index in [9.17, 15) is 9.59 Å². The average Bonchev–Trinajstić information content (AvgIpc) is 2.94. The van der Waals surface area contributed by atoms with Crippen molar-refractivity contribution < 1.29 is 19.1 Å². The number of benzene rings is 1. The largest absolute Gasteiger partial charge is 0.492 e. The summed E-state index contributed by atoms with van der Waals surface area (Å²) in [4.78, 5) is 28.8. The van der Waals surface area contributed by atoms with Gasteiger partial charge < -0.3 is 9.47 Å². The molecule has 0 atom stereocenters. The highest BCUT2D eigenvalue weighted by molar-refractivity contribution is 6.33. The zero-order chi connectivity index (χ0) is 17.9. The number of hydrogen-bond donors (Lipinski definition) is 0. The van der Waals surface area contributed by atoms with E-state index in [4.69, 9.17) is 9.47 Å². The summed E-state index contributed by atoms with van der Waals surface area (Å²) >= 11 is 0. The lowest BCUT2D eigenvalue weighted by Gasteiger charge is -2.26. The fraction of sp³-hybridized carbons (Fsp3) is 0.500. The van der Waals surface area contributed by atoms with Crippen LogP contribution in [-0.2, 0) is 14.3 Å². The molecule has 0 bridgehead atoms. The molecule has 2 aliphatic heterocycles. The number of morpholine rings is 1. The van der Waals surface area contributed by atoms with Gasteiger partial charge in [-0.2, -0.15) is 0 Å². The van der Waals surface area contributed by atoms with Crippen LogP contribution >= 0.6 is 12.4 Å². The molecule has 1 aromatic carbocycles. The summed E-state index contributed by atoms with van der Waals surface area (Å²) in [6.45, 7) is 4.93. The van der Waals surface area contributed by atoms with Gasteiger partial charge in [-0.1, -0.05) is 0 Å². The van der Waals surface area contributed by atoms with Crippen molar-refractivity contribution in [2.24, 2.45) is 0 Å². The van der Waals surface area contributed by atoms with Gasteiger partial charge in [-0.05, 0) is 49.9 Å². The summed E-state index contributed by atoms with van der Waals surface area (Å²) in [6, 6.07) is 7.23. The van der Waals surface area contributed by atoms with E-state index in [0.29, 0.717) is 23.4 Å². The second-order valence-electron chi connectivity index (χ2n) is 6.91. The minimum Gasteiger partial charge on any atom is -0.492 e. The second-order valence-corrected chi connectivity index (χ2v) is 6.91. The molecule has 1 saturated heterocycles. The molecule has 0 N–H and O–H groups in total. The van der Waals surface area contributed by atoms with Crippen molar-refractivity contribution >= 4 is 29.9 Å². The first-order valence-electron chi connectivity index (χ1n) is 9.38.